The van der Waals surface area contributed by atoms with Crippen LogP contribution in [0.25, 0.3) is 0 Å². The summed E-state index contributed by atoms with van der Waals surface area (Å²) in [6, 6.07) is 7.25. The van der Waals surface area contributed by atoms with Gasteiger partial charge >= 0.3 is 0 Å². The van der Waals surface area contributed by atoms with Crippen LogP contribution >= 0.6 is 24.8 Å². The Kier molecular flexibility index (Phi) is 6.38. The van der Waals surface area contributed by atoms with Crippen LogP contribution in [-0.4, -0.2) is 15.0 Å². The first-order chi connectivity index (χ1) is 7.24. The number of nitrogen functional groups attached to an aromatic ring is 1. The molecule has 7 heteroatoms. The molecule has 0 saturated heterocycles. The molecule has 0 radical (unpaired) electrons. The van der Waals surface area contributed by atoms with Crippen molar-refractivity contribution in [1.29, 1.82) is 0 Å². The van der Waals surface area contributed by atoms with E-state index in [1.807, 2.05) is 25.4 Å². The molecule has 0 fully saturated rings. The van der Waals surface area contributed by atoms with Crippen molar-refractivity contribution in [2.45, 2.75) is 6.61 Å². The maximum absolute atomic E-state index is 5.56. The Balaban J connectivity index is 0.00000128. The molecule has 0 amide bonds. The van der Waals surface area contributed by atoms with Crippen molar-refractivity contribution in [2.75, 3.05) is 5.73 Å². The zero-order valence-electron chi connectivity index (χ0n) is 9.24. The van der Waals surface area contributed by atoms with Crippen molar-refractivity contribution < 1.29 is 4.74 Å². The molecule has 0 bridgehead atoms. The average molecular weight is 277 g/mol. The van der Waals surface area contributed by atoms with Crippen LogP contribution in [-0.2, 0) is 13.7 Å². The van der Waals surface area contributed by atoms with E-state index in [9.17, 15) is 0 Å². The van der Waals surface area contributed by atoms with E-state index in [1.165, 1.54) is 0 Å². The average Bonchev–Trinajstić information content (AvgIpc) is 2.64. The van der Waals surface area contributed by atoms with Crippen molar-refractivity contribution in [2.24, 2.45) is 7.05 Å². The van der Waals surface area contributed by atoms with Gasteiger partial charge in [0.25, 0.3) is 0 Å². The first-order valence-electron chi connectivity index (χ1n) is 4.57. The molecule has 0 atom stereocenters. The first-order valence-corrected chi connectivity index (χ1v) is 4.57. The molecule has 94 valence electrons. The minimum absolute atomic E-state index is 0. The van der Waals surface area contributed by atoms with Crippen molar-refractivity contribution in [3.63, 3.8) is 0 Å². The molecule has 0 unspecified atom stereocenters. The fraction of sp³-hybridized carbons (Fsp3) is 0.200. The summed E-state index contributed by atoms with van der Waals surface area (Å²) in [7, 11) is 1.82. The van der Waals surface area contributed by atoms with Gasteiger partial charge in [-0.3, -0.25) is 4.68 Å². The fourth-order valence-electron chi connectivity index (χ4n) is 1.18. The van der Waals surface area contributed by atoms with Gasteiger partial charge in [-0.1, -0.05) is 5.21 Å². The number of nitrogens with two attached hydrogens (primary N) is 1. The summed E-state index contributed by atoms with van der Waals surface area (Å²) in [6.45, 7) is 0.414. The van der Waals surface area contributed by atoms with Gasteiger partial charge < -0.3 is 10.5 Å². The minimum Gasteiger partial charge on any atom is -0.487 e. The van der Waals surface area contributed by atoms with Crippen molar-refractivity contribution in [1.82, 2.24) is 15.0 Å². The second kappa shape index (κ2) is 6.98. The zero-order valence-corrected chi connectivity index (χ0v) is 10.9. The molecule has 0 aliphatic heterocycles. The van der Waals surface area contributed by atoms with Crippen LogP contribution in [0.5, 0.6) is 5.75 Å². The highest BCUT2D eigenvalue weighted by atomic mass is 35.5. The fourth-order valence-corrected chi connectivity index (χ4v) is 1.18. The van der Waals surface area contributed by atoms with E-state index in [4.69, 9.17) is 10.5 Å². The van der Waals surface area contributed by atoms with Gasteiger partial charge in [-0.15, -0.1) is 29.9 Å². The molecule has 0 spiro atoms. The quantitative estimate of drug-likeness (QED) is 0.869. The highest BCUT2D eigenvalue weighted by molar-refractivity contribution is 5.85. The number of hydrogen-bond donors (Lipinski definition) is 1. The normalized spacial score (nSPS) is 9.00. The molecular formula is C10H14Cl2N4O. The van der Waals surface area contributed by atoms with E-state index in [1.54, 1.807) is 16.8 Å². The predicted molar refractivity (Wildman–Crippen MR) is 70.7 cm³/mol. The monoisotopic (exact) mass is 276 g/mol. The number of nitrogens with zero attached hydrogens (tertiary/aromatic N) is 3. The Labute approximate surface area is 112 Å². The lowest BCUT2D eigenvalue weighted by atomic mass is 10.3. The topological polar surface area (TPSA) is 66.0 Å². The number of ether oxygens (including phenoxy) is 1. The molecule has 2 N–H and O–H groups in total. The molecule has 0 aliphatic rings. The minimum atomic E-state index is 0. The standard InChI is InChI=1S/C10H12N4O.2ClH/c1-14-6-9(12-13-14)7-15-10-4-2-8(11)3-5-10;;/h2-6H,7,11H2,1H3;2*1H. The second-order valence-corrected chi connectivity index (χ2v) is 3.24. The molecule has 17 heavy (non-hydrogen) atoms. The number of aryl methyl sites for hydroxylation is 1. The molecule has 0 saturated carbocycles. The maximum Gasteiger partial charge on any atom is 0.134 e. The highest BCUT2D eigenvalue weighted by Gasteiger charge is 1.99. The van der Waals surface area contributed by atoms with Gasteiger partial charge in [-0.05, 0) is 24.3 Å². The Morgan fingerprint density at radius 1 is 1.24 bits per heavy atom. The van der Waals surface area contributed by atoms with Gasteiger partial charge in [0.05, 0.1) is 6.20 Å². The summed E-state index contributed by atoms with van der Waals surface area (Å²) in [4.78, 5) is 0. The molecule has 1 heterocycles. The maximum atomic E-state index is 5.56. The summed E-state index contributed by atoms with van der Waals surface area (Å²) < 4.78 is 7.13. The van der Waals surface area contributed by atoms with Gasteiger partial charge in [0.1, 0.15) is 18.1 Å². The molecule has 2 aromatic rings. The molecule has 2 rings (SSSR count). The van der Waals surface area contributed by atoms with E-state index in [2.05, 4.69) is 10.3 Å². The van der Waals surface area contributed by atoms with Crippen LogP contribution in [0.15, 0.2) is 30.5 Å². The van der Waals surface area contributed by atoms with E-state index in [0.29, 0.717) is 6.61 Å². The Morgan fingerprint density at radius 2 is 1.88 bits per heavy atom. The smallest absolute Gasteiger partial charge is 0.134 e. The van der Waals surface area contributed by atoms with Gasteiger partial charge in [0, 0.05) is 12.7 Å². The van der Waals surface area contributed by atoms with Crippen LogP contribution in [0.1, 0.15) is 5.69 Å². The van der Waals surface area contributed by atoms with Crippen molar-refractivity contribution >= 4 is 30.5 Å². The molecule has 5 nitrogen and oxygen atoms in total. The number of hydrogen-bond acceptors (Lipinski definition) is 4. The lowest BCUT2D eigenvalue weighted by Crippen LogP contribution is -1.95. The summed E-state index contributed by atoms with van der Waals surface area (Å²) in [5, 5.41) is 7.72. The van der Waals surface area contributed by atoms with Crippen LogP contribution in [0.3, 0.4) is 0 Å². The van der Waals surface area contributed by atoms with Crippen LogP contribution in [0, 0.1) is 0 Å². The summed E-state index contributed by atoms with van der Waals surface area (Å²) in [5.74, 6) is 0.773. The van der Waals surface area contributed by atoms with Gasteiger partial charge in [-0.2, -0.15) is 0 Å². The van der Waals surface area contributed by atoms with E-state index in [0.717, 1.165) is 17.1 Å². The molecule has 1 aromatic carbocycles. The largest absolute Gasteiger partial charge is 0.487 e. The number of aromatic nitrogens is 3. The van der Waals surface area contributed by atoms with Crippen LogP contribution in [0.2, 0.25) is 0 Å². The second-order valence-electron chi connectivity index (χ2n) is 3.24. The highest BCUT2D eigenvalue weighted by Crippen LogP contribution is 2.14. The van der Waals surface area contributed by atoms with Gasteiger partial charge in [-0.25, -0.2) is 0 Å². The van der Waals surface area contributed by atoms with Gasteiger partial charge in [0.15, 0.2) is 0 Å². The number of anilines is 1. The Bertz CT molecular complexity index is 444. The van der Waals surface area contributed by atoms with Crippen molar-refractivity contribution in [3.05, 3.63) is 36.2 Å². The summed E-state index contributed by atoms with van der Waals surface area (Å²) >= 11 is 0. The van der Waals surface area contributed by atoms with E-state index >= 15 is 0 Å². The number of rotatable bonds is 3. The van der Waals surface area contributed by atoms with Crippen LogP contribution in [0.4, 0.5) is 5.69 Å². The predicted octanol–water partition coefficient (Wildman–Crippen LogP) is 1.82. The van der Waals surface area contributed by atoms with E-state index < -0.39 is 0 Å². The van der Waals surface area contributed by atoms with Gasteiger partial charge in [0.2, 0.25) is 0 Å². The Hall–Kier alpha value is -1.46. The van der Waals surface area contributed by atoms with Crippen LogP contribution < -0.4 is 10.5 Å². The number of benzene rings is 1. The third-order valence-corrected chi connectivity index (χ3v) is 1.92. The third kappa shape index (κ3) is 4.50. The Morgan fingerprint density at radius 3 is 2.41 bits per heavy atom. The SMILES string of the molecule is Cl.Cl.Cn1cc(COc2ccc(N)cc2)nn1. The first kappa shape index (κ1) is 15.5. The molecule has 0 aliphatic carbocycles. The zero-order chi connectivity index (χ0) is 10.7. The third-order valence-electron chi connectivity index (χ3n) is 1.92. The lowest BCUT2D eigenvalue weighted by molar-refractivity contribution is 0.301. The summed E-state index contributed by atoms with van der Waals surface area (Å²) in [5.41, 5.74) is 7.08. The summed E-state index contributed by atoms with van der Waals surface area (Å²) in [6.07, 6.45) is 1.82. The number of halogens is 2. The lowest BCUT2D eigenvalue weighted by Gasteiger charge is -2.03. The molecule has 1 aromatic heterocycles. The molecular weight excluding hydrogens is 263 g/mol. The van der Waals surface area contributed by atoms with E-state index in [-0.39, 0.29) is 24.8 Å². The van der Waals surface area contributed by atoms with Crippen molar-refractivity contribution in [3.8, 4) is 5.75 Å².